The van der Waals surface area contributed by atoms with Crippen molar-refractivity contribution in [2.75, 3.05) is 20.3 Å². The van der Waals surface area contributed by atoms with Gasteiger partial charge in [0.2, 0.25) is 0 Å². The maximum atomic E-state index is 7.34. The van der Waals surface area contributed by atoms with Gasteiger partial charge in [-0.3, -0.25) is 10.4 Å². The van der Waals surface area contributed by atoms with E-state index in [9.17, 15) is 0 Å². The summed E-state index contributed by atoms with van der Waals surface area (Å²) in [6.45, 7) is 1.19. The summed E-state index contributed by atoms with van der Waals surface area (Å²) in [4.78, 5) is 8.08. The molecule has 1 aromatic carbocycles. The Morgan fingerprint density at radius 3 is 2.12 bits per heavy atom. The summed E-state index contributed by atoms with van der Waals surface area (Å²) in [5, 5.41) is 7.34. The third-order valence-corrected chi connectivity index (χ3v) is 3.48. The minimum atomic E-state index is 0.0517. The van der Waals surface area contributed by atoms with Gasteiger partial charge in [0.15, 0.2) is 0 Å². The van der Waals surface area contributed by atoms with Crippen LogP contribution in [0.5, 0.6) is 11.5 Å². The van der Waals surface area contributed by atoms with Gasteiger partial charge in [0, 0.05) is 12.6 Å². The topological polar surface area (TPSA) is 120 Å². The summed E-state index contributed by atoms with van der Waals surface area (Å²) >= 11 is 0. The van der Waals surface area contributed by atoms with Crippen LogP contribution in [0.3, 0.4) is 0 Å². The van der Waals surface area contributed by atoms with Crippen molar-refractivity contribution in [2.24, 2.45) is 16.5 Å². The van der Waals surface area contributed by atoms with Gasteiger partial charge in [0.25, 0.3) is 0 Å². The predicted octanol–water partition coefficient (Wildman–Crippen LogP) is 1.94. The van der Waals surface area contributed by atoms with Gasteiger partial charge in [-0.05, 0) is 49.2 Å². The maximum absolute atomic E-state index is 7.34. The number of rotatable bonds is 9. The third kappa shape index (κ3) is 5.80. The van der Waals surface area contributed by atoms with Gasteiger partial charge in [0.1, 0.15) is 28.9 Å². The molecule has 0 radical (unpaired) electrons. The van der Waals surface area contributed by atoms with E-state index < -0.39 is 0 Å². The molecule has 2 aromatic rings. The highest BCUT2D eigenvalue weighted by molar-refractivity contribution is 5.95. The average molecular weight is 341 g/mol. The fraction of sp³-hybridized carbons (Fsp3) is 0.278. The molecule has 5 N–H and O–H groups in total. The van der Waals surface area contributed by atoms with Crippen LogP contribution in [-0.4, -0.2) is 36.9 Å². The molecule has 0 amide bonds. The number of amidine groups is 2. The zero-order chi connectivity index (χ0) is 18.1. The van der Waals surface area contributed by atoms with E-state index in [1.807, 2.05) is 18.2 Å². The highest BCUT2D eigenvalue weighted by Gasteiger charge is 2.01. The molecule has 7 nitrogen and oxygen atoms in total. The lowest BCUT2D eigenvalue weighted by atomic mass is 10.2. The number of aliphatic imine (C=N–C) groups is 1. The molecular weight excluding hydrogens is 318 g/mol. The molecule has 0 bridgehead atoms. The standard InChI is InChI=1S/C18H23N5O2/c1-22-18(21)16-9-8-15(12-23-16)25-11-3-2-10-24-14-6-4-13(5-7-14)17(19)20/h4-9,12H,2-3,10-11H2,1H3,(H3,19,20)(H2,21,22). The average Bonchev–Trinajstić information content (AvgIpc) is 2.64. The van der Waals surface area contributed by atoms with Crippen LogP contribution >= 0.6 is 0 Å². The number of ether oxygens (including phenoxy) is 2. The number of benzene rings is 1. The molecule has 1 heterocycles. The van der Waals surface area contributed by atoms with E-state index in [1.54, 1.807) is 31.4 Å². The SMILES string of the molecule is CN=C(N)c1ccc(OCCCCOc2ccc(C(=N)N)cc2)cn1. The Labute approximate surface area is 147 Å². The number of aromatic nitrogens is 1. The minimum absolute atomic E-state index is 0.0517. The summed E-state index contributed by atoms with van der Waals surface area (Å²) in [7, 11) is 1.63. The first-order chi connectivity index (χ1) is 12.1. The zero-order valence-electron chi connectivity index (χ0n) is 14.2. The second-order valence-corrected chi connectivity index (χ2v) is 5.33. The van der Waals surface area contributed by atoms with Gasteiger partial charge >= 0.3 is 0 Å². The van der Waals surface area contributed by atoms with Crippen LogP contribution in [0, 0.1) is 5.41 Å². The van der Waals surface area contributed by atoms with E-state index in [4.69, 9.17) is 26.4 Å². The molecule has 0 saturated carbocycles. The van der Waals surface area contributed by atoms with Crippen LogP contribution < -0.4 is 20.9 Å². The molecule has 0 aliphatic carbocycles. The number of pyridine rings is 1. The maximum Gasteiger partial charge on any atom is 0.144 e. The van der Waals surface area contributed by atoms with Crippen molar-refractivity contribution in [3.63, 3.8) is 0 Å². The van der Waals surface area contributed by atoms with Crippen molar-refractivity contribution in [1.82, 2.24) is 4.98 Å². The molecule has 132 valence electrons. The number of unbranched alkanes of at least 4 members (excludes halogenated alkanes) is 1. The number of nitrogens with two attached hydrogens (primary N) is 2. The van der Waals surface area contributed by atoms with Gasteiger partial charge in [-0.25, -0.2) is 4.98 Å². The number of nitrogens with zero attached hydrogens (tertiary/aromatic N) is 2. The molecule has 2 rings (SSSR count). The molecule has 0 saturated heterocycles. The Bertz CT molecular complexity index is 711. The molecule has 1 aromatic heterocycles. The minimum Gasteiger partial charge on any atom is -0.494 e. The first-order valence-electron chi connectivity index (χ1n) is 7.99. The summed E-state index contributed by atoms with van der Waals surface area (Å²) in [5.74, 6) is 1.92. The molecule has 0 unspecified atom stereocenters. The predicted molar refractivity (Wildman–Crippen MR) is 98.6 cm³/mol. The number of nitrogens with one attached hydrogen (secondary N) is 1. The van der Waals surface area contributed by atoms with E-state index >= 15 is 0 Å². The van der Waals surface area contributed by atoms with Crippen molar-refractivity contribution in [1.29, 1.82) is 5.41 Å². The van der Waals surface area contributed by atoms with Crippen molar-refractivity contribution >= 4 is 11.7 Å². The van der Waals surface area contributed by atoms with Crippen LogP contribution in [-0.2, 0) is 0 Å². The molecular formula is C18H23N5O2. The number of hydrogen-bond acceptors (Lipinski definition) is 5. The fourth-order valence-electron chi connectivity index (χ4n) is 2.05. The van der Waals surface area contributed by atoms with Gasteiger partial charge < -0.3 is 20.9 Å². The second-order valence-electron chi connectivity index (χ2n) is 5.33. The molecule has 0 fully saturated rings. The lowest BCUT2D eigenvalue weighted by molar-refractivity contribution is 0.266. The smallest absolute Gasteiger partial charge is 0.144 e. The van der Waals surface area contributed by atoms with Gasteiger partial charge in [0.05, 0.1) is 19.4 Å². The molecule has 7 heteroatoms. The van der Waals surface area contributed by atoms with Gasteiger partial charge in [-0.2, -0.15) is 0 Å². The normalized spacial score (nSPS) is 11.2. The van der Waals surface area contributed by atoms with E-state index in [1.165, 1.54) is 0 Å². The van der Waals surface area contributed by atoms with Crippen molar-refractivity contribution < 1.29 is 9.47 Å². The summed E-state index contributed by atoms with van der Waals surface area (Å²) in [6, 6.07) is 10.8. The number of nitrogen functional groups attached to an aromatic ring is 1. The Morgan fingerprint density at radius 1 is 1.00 bits per heavy atom. The van der Waals surface area contributed by atoms with Crippen molar-refractivity contribution in [2.45, 2.75) is 12.8 Å². The van der Waals surface area contributed by atoms with E-state index in [2.05, 4.69) is 9.98 Å². The van der Waals surface area contributed by atoms with Crippen molar-refractivity contribution in [3.05, 3.63) is 53.9 Å². The van der Waals surface area contributed by atoms with Crippen LogP contribution in [0.1, 0.15) is 24.1 Å². The molecule has 25 heavy (non-hydrogen) atoms. The molecule has 0 spiro atoms. The van der Waals surface area contributed by atoms with Crippen LogP contribution in [0.2, 0.25) is 0 Å². The fourth-order valence-corrected chi connectivity index (χ4v) is 2.05. The monoisotopic (exact) mass is 341 g/mol. The lowest BCUT2D eigenvalue weighted by Crippen LogP contribution is -2.14. The van der Waals surface area contributed by atoms with Crippen LogP contribution in [0.15, 0.2) is 47.6 Å². The first kappa shape index (κ1) is 18.3. The molecule has 0 aliphatic rings. The largest absolute Gasteiger partial charge is 0.494 e. The zero-order valence-corrected chi connectivity index (χ0v) is 14.2. The quantitative estimate of drug-likeness (QED) is 0.366. The Kier molecular flexibility index (Phi) is 6.76. The van der Waals surface area contributed by atoms with Crippen LogP contribution in [0.4, 0.5) is 0 Å². The molecule has 0 aliphatic heterocycles. The van der Waals surface area contributed by atoms with Crippen LogP contribution in [0.25, 0.3) is 0 Å². The second kappa shape index (κ2) is 9.27. The van der Waals surface area contributed by atoms with E-state index in [0.717, 1.165) is 18.6 Å². The third-order valence-electron chi connectivity index (χ3n) is 3.48. The van der Waals surface area contributed by atoms with E-state index in [0.29, 0.717) is 36.1 Å². The first-order valence-corrected chi connectivity index (χ1v) is 7.99. The summed E-state index contributed by atoms with van der Waals surface area (Å²) in [6.07, 6.45) is 3.38. The summed E-state index contributed by atoms with van der Waals surface area (Å²) < 4.78 is 11.3. The highest BCUT2D eigenvalue weighted by atomic mass is 16.5. The number of hydrogen-bond donors (Lipinski definition) is 3. The van der Waals surface area contributed by atoms with Gasteiger partial charge in [-0.15, -0.1) is 0 Å². The van der Waals surface area contributed by atoms with E-state index in [-0.39, 0.29) is 5.84 Å². The van der Waals surface area contributed by atoms with Gasteiger partial charge in [-0.1, -0.05) is 0 Å². The van der Waals surface area contributed by atoms with Crippen molar-refractivity contribution in [3.8, 4) is 11.5 Å². The Hall–Kier alpha value is -3.09. The Morgan fingerprint density at radius 2 is 1.60 bits per heavy atom. The molecule has 0 atom stereocenters. The Balaban J connectivity index is 1.64. The highest BCUT2D eigenvalue weighted by Crippen LogP contribution is 2.13. The lowest BCUT2D eigenvalue weighted by Gasteiger charge is -2.08. The summed E-state index contributed by atoms with van der Waals surface area (Å²) in [5.41, 5.74) is 12.4.